The Morgan fingerprint density at radius 3 is 2.90 bits per heavy atom. The zero-order chi connectivity index (χ0) is 13.9. The average molecular weight is 269 g/mol. The second-order valence-electron chi connectivity index (χ2n) is 6.26. The third-order valence-electron chi connectivity index (χ3n) is 5.00. The highest BCUT2D eigenvalue weighted by Gasteiger charge is 2.31. The molecule has 3 atom stereocenters. The Morgan fingerprint density at radius 2 is 2.10 bits per heavy atom. The molecule has 0 saturated heterocycles. The minimum absolute atomic E-state index is 0.0612. The van der Waals surface area contributed by atoms with E-state index in [0.29, 0.717) is 0 Å². The third kappa shape index (κ3) is 2.68. The van der Waals surface area contributed by atoms with Crippen LogP contribution in [0, 0.1) is 23.2 Å². The Bertz CT molecular complexity index is 517. The van der Waals surface area contributed by atoms with Crippen molar-refractivity contribution in [3.8, 4) is 11.8 Å². The van der Waals surface area contributed by atoms with E-state index in [1.807, 2.05) is 0 Å². The Balaban J connectivity index is 1.73. The number of nitrogens with zero attached hydrogens (tertiary/aromatic N) is 1. The van der Waals surface area contributed by atoms with Crippen LogP contribution in [0.1, 0.15) is 50.2 Å². The summed E-state index contributed by atoms with van der Waals surface area (Å²) >= 11 is 0. The summed E-state index contributed by atoms with van der Waals surface area (Å²) in [5.74, 6) is 1.75. The molecule has 2 aliphatic carbocycles. The van der Waals surface area contributed by atoms with Crippen molar-refractivity contribution in [3.63, 3.8) is 0 Å². The molecule has 1 saturated carbocycles. The first-order chi connectivity index (χ1) is 9.80. The fourth-order valence-corrected chi connectivity index (χ4v) is 3.66. The summed E-state index contributed by atoms with van der Waals surface area (Å²) < 4.78 is 6.19. The van der Waals surface area contributed by atoms with Gasteiger partial charge in [-0.2, -0.15) is 5.26 Å². The van der Waals surface area contributed by atoms with Crippen molar-refractivity contribution < 1.29 is 4.74 Å². The van der Waals surface area contributed by atoms with Gasteiger partial charge in [-0.1, -0.05) is 19.4 Å². The number of nitriles is 1. The standard InChI is InChI=1S/C18H23NO/c1-2-13-6-7-16(12-19)18(10-13)20-17-9-8-14-4-3-5-15(14)11-17/h8-9,11,13,16,18H,2-7,10H2,1H3. The van der Waals surface area contributed by atoms with Crippen LogP contribution < -0.4 is 4.74 Å². The summed E-state index contributed by atoms with van der Waals surface area (Å²) in [6.45, 7) is 2.24. The molecule has 1 aromatic rings. The average Bonchev–Trinajstić information content (AvgIpc) is 2.94. The molecule has 0 bridgehead atoms. The zero-order valence-corrected chi connectivity index (χ0v) is 12.3. The maximum absolute atomic E-state index is 9.32. The van der Waals surface area contributed by atoms with Crippen LogP contribution >= 0.6 is 0 Å². The Kier molecular flexibility index (Phi) is 3.96. The van der Waals surface area contributed by atoms with Crippen molar-refractivity contribution in [2.45, 2.75) is 58.0 Å². The molecule has 1 aromatic carbocycles. The monoisotopic (exact) mass is 269 g/mol. The van der Waals surface area contributed by atoms with E-state index in [2.05, 4.69) is 31.2 Å². The maximum atomic E-state index is 9.32. The van der Waals surface area contributed by atoms with Crippen molar-refractivity contribution in [1.29, 1.82) is 5.26 Å². The van der Waals surface area contributed by atoms with Crippen LogP contribution in [0.2, 0.25) is 0 Å². The van der Waals surface area contributed by atoms with E-state index in [0.717, 1.165) is 24.5 Å². The van der Waals surface area contributed by atoms with Gasteiger partial charge in [0.1, 0.15) is 11.9 Å². The van der Waals surface area contributed by atoms with E-state index in [1.165, 1.54) is 43.2 Å². The fourth-order valence-electron chi connectivity index (χ4n) is 3.66. The minimum atomic E-state index is 0.0612. The molecule has 0 aromatic heterocycles. The fraction of sp³-hybridized carbons (Fsp3) is 0.611. The van der Waals surface area contributed by atoms with Crippen molar-refractivity contribution >= 4 is 0 Å². The number of ether oxygens (including phenoxy) is 1. The Labute approximate surface area is 121 Å². The van der Waals surface area contributed by atoms with E-state index in [4.69, 9.17) is 4.74 Å². The molecule has 0 N–H and O–H groups in total. The highest BCUT2D eigenvalue weighted by molar-refractivity contribution is 5.38. The molecule has 20 heavy (non-hydrogen) atoms. The number of aryl methyl sites for hydroxylation is 2. The summed E-state index contributed by atoms with van der Waals surface area (Å²) in [6.07, 6.45) is 8.13. The first-order valence-corrected chi connectivity index (χ1v) is 7.98. The van der Waals surface area contributed by atoms with E-state index >= 15 is 0 Å². The summed E-state index contributed by atoms with van der Waals surface area (Å²) in [5, 5.41) is 9.32. The molecule has 2 heteroatoms. The van der Waals surface area contributed by atoms with Crippen molar-refractivity contribution in [3.05, 3.63) is 29.3 Å². The van der Waals surface area contributed by atoms with Crippen molar-refractivity contribution in [2.24, 2.45) is 11.8 Å². The summed E-state index contributed by atoms with van der Waals surface area (Å²) in [5.41, 5.74) is 2.92. The van der Waals surface area contributed by atoms with Crippen LogP contribution in [-0.4, -0.2) is 6.10 Å². The minimum Gasteiger partial charge on any atom is -0.489 e. The lowest BCUT2D eigenvalue weighted by Gasteiger charge is -2.32. The van der Waals surface area contributed by atoms with Gasteiger partial charge in [0.2, 0.25) is 0 Å². The molecule has 0 heterocycles. The van der Waals surface area contributed by atoms with E-state index in [1.54, 1.807) is 0 Å². The molecule has 0 aliphatic heterocycles. The van der Waals surface area contributed by atoms with Crippen LogP contribution in [0.3, 0.4) is 0 Å². The van der Waals surface area contributed by atoms with Crippen molar-refractivity contribution in [2.75, 3.05) is 0 Å². The molecule has 2 nitrogen and oxygen atoms in total. The van der Waals surface area contributed by atoms with Gasteiger partial charge in [-0.05, 0) is 67.7 Å². The third-order valence-corrected chi connectivity index (χ3v) is 5.00. The molecular weight excluding hydrogens is 246 g/mol. The lowest BCUT2D eigenvalue weighted by Crippen LogP contribution is -2.33. The quantitative estimate of drug-likeness (QED) is 0.820. The molecule has 3 unspecified atom stereocenters. The van der Waals surface area contributed by atoms with Crippen molar-refractivity contribution in [1.82, 2.24) is 0 Å². The van der Waals surface area contributed by atoms with Gasteiger partial charge in [0.05, 0.1) is 12.0 Å². The molecule has 2 aliphatic rings. The van der Waals surface area contributed by atoms with Crippen LogP contribution in [0.15, 0.2) is 18.2 Å². The second-order valence-corrected chi connectivity index (χ2v) is 6.26. The summed E-state index contributed by atoms with van der Waals surface area (Å²) in [7, 11) is 0. The topological polar surface area (TPSA) is 33.0 Å². The molecule has 1 fully saturated rings. The lowest BCUT2D eigenvalue weighted by atomic mass is 9.79. The summed E-state index contributed by atoms with van der Waals surface area (Å²) in [4.78, 5) is 0. The normalized spacial score (nSPS) is 28.7. The van der Waals surface area contributed by atoms with Crippen LogP contribution in [0.5, 0.6) is 5.75 Å². The van der Waals surface area contributed by atoms with E-state index in [-0.39, 0.29) is 12.0 Å². The highest BCUT2D eigenvalue weighted by Crippen LogP contribution is 2.34. The van der Waals surface area contributed by atoms with Gasteiger partial charge in [0.25, 0.3) is 0 Å². The number of hydrogen-bond acceptors (Lipinski definition) is 2. The molecule has 3 rings (SSSR count). The van der Waals surface area contributed by atoms with Gasteiger partial charge in [-0.15, -0.1) is 0 Å². The van der Waals surface area contributed by atoms with E-state index in [9.17, 15) is 5.26 Å². The van der Waals surface area contributed by atoms with Gasteiger partial charge in [-0.25, -0.2) is 0 Å². The Morgan fingerprint density at radius 1 is 1.25 bits per heavy atom. The van der Waals surface area contributed by atoms with Crippen LogP contribution in [-0.2, 0) is 12.8 Å². The zero-order valence-electron chi connectivity index (χ0n) is 12.3. The van der Waals surface area contributed by atoms with Crippen LogP contribution in [0.4, 0.5) is 0 Å². The number of benzene rings is 1. The van der Waals surface area contributed by atoms with Gasteiger partial charge < -0.3 is 4.74 Å². The predicted molar refractivity (Wildman–Crippen MR) is 79.6 cm³/mol. The van der Waals surface area contributed by atoms with Gasteiger partial charge >= 0.3 is 0 Å². The second kappa shape index (κ2) is 5.87. The van der Waals surface area contributed by atoms with Gasteiger partial charge in [0, 0.05) is 0 Å². The largest absolute Gasteiger partial charge is 0.489 e. The van der Waals surface area contributed by atoms with Gasteiger partial charge in [-0.3, -0.25) is 0 Å². The Hall–Kier alpha value is -1.49. The van der Waals surface area contributed by atoms with Gasteiger partial charge in [0.15, 0.2) is 0 Å². The number of rotatable bonds is 3. The molecular formula is C18H23NO. The smallest absolute Gasteiger partial charge is 0.120 e. The lowest BCUT2D eigenvalue weighted by molar-refractivity contribution is 0.0892. The first kappa shape index (κ1) is 13.5. The SMILES string of the molecule is CCC1CCC(C#N)C(Oc2ccc3c(c2)CCC3)C1. The number of fused-ring (bicyclic) bond motifs is 1. The van der Waals surface area contributed by atoms with E-state index < -0.39 is 0 Å². The molecule has 106 valence electrons. The molecule has 0 amide bonds. The van der Waals surface area contributed by atoms with Crippen LogP contribution in [0.25, 0.3) is 0 Å². The maximum Gasteiger partial charge on any atom is 0.120 e. The number of hydrogen-bond donors (Lipinski definition) is 0. The highest BCUT2D eigenvalue weighted by atomic mass is 16.5. The summed E-state index contributed by atoms with van der Waals surface area (Å²) in [6, 6.07) is 8.95. The molecule has 0 radical (unpaired) electrons. The first-order valence-electron chi connectivity index (χ1n) is 7.98. The molecule has 0 spiro atoms. The predicted octanol–water partition coefficient (Wildman–Crippen LogP) is 4.27.